The van der Waals surface area contributed by atoms with Crippen molar-refractivity contribution in [2.75, 3.05) is 4.31 Å². The molecule has 0 heterocycles. The molecule has 0 amide bonds. The van der Waals surface area contributed by atoms with Crippen LogP contribution in [-0.4, -0.2) is 8.42 Å². The van der Waals surface area contributed by atoms with Crippen LogP contribution in [0.15, 0.2) is 77.7 Å². The number of hydrogen-bond acceptors (Lipinski definition) is 2. The highest BCUT2D eigenvalue weighted by Crippen LogP contribution is 2.35. The third-order valence-corrected chi connectivity index (χ3v) is 6.72. The molecule has 134 valence electrons. The molecular weight excluding hydrogens is 413 g/mol. The minimum absolute atomic E-state index is 0.0217. The zero-order valence-electron chi connectivity index (χ0n) is 13.4. The van der Waals surface area contributed by atoms with Crippen LogP contribution >= 0.6 is 34.8 Å². The molecule has 0 N–H and O–H groups in total. The van der Waals surface area contributed by atoms with Gasteiger partial charge in [0, 0.05) is 0 Å². The van der Waals surface area contributed by atoms with Gasteiger partial charge in [-0.3, -0.25) is 4.31 Å². The predicted octanol–water partition coefficient (Wildman–Crippen LogP) is 6.04. The van der Waals surface area contributed by atoms with Gasteiger partial charge in [0.05, 0.1) is 27.3 Å². The molecule has 0 fully saturated rings. The second-order valence-electron chi connectivity index (χ2n) is 5.53. The van der Waals surface area contributed by atoms with Crippen LogP contribution in [-0.2, 0) is 16.6 Å². The lowest BCUT2D eigenvalue weighted by Gasteiger charge is -2.25. The quantitative estimate of drug-likeness (QED) is 0.466. The number of rotatable bonds is 5. The van der Waals surface area contributed by atoms with Crippen molar-refractivity contribution in [2.45, 2.75) is 11.4 Å². The molecule has 0 atom stereocenters. The highest BCUT2D eigenvalue weighted by Gasteiger charge is 2.28. The van der Waals surface area contributed by atoms with Gasteiger partial charge in [-0.1, -0.05) is 83.3 Å². The van der Waals surface area contributed by atoms with Gasteiger partial charge in [0.2, 0.25) is 0 Å². The summed E-state index contributed by atoms with van der Waals surface area (Å²) in [4.78, 5) is -0.0895. The molecule has 3 nitrogen and oxygen atoms in total. The molecule has 3 aromatic carbocycles. The van der Waals surface area contributed by atoms with Crippen LogP contribution in [0.1, 0.15) is 5.56 Å². The molecule has 26 heavy (non-hydrogen) atoms. The van der Waals surface area contributed by atoms with Crippen LogP contribution in [0.4, 0.5) is 5.69 Å². The number of para-hydroxylation sites is 1. The lowest BCUT2D eigenvalue weighted by molar-refractivity contribution is 0.590. The average Bonchev–Trinajstić information content (AvgIpc) is 2.64. The first-order chi connectivity index (χ1) is 12.4. The summed E-state index contributed by atoms with van der Waals surface area (Å²) >= 11 is 18.1. The van der Waals surface area contributed by atoms with Crippen LogP contribution in [0.25, 0.3) is 0 Å². The number of anilines is 1. The summed E-state index contributed by atoms with van der Waals surface area (Å²) in [6.07, 6.45) is 0. The minimum atomic E-state index is -3.96. The standard InChI is InChI=1S/C19H14Cl3NO2S/c20-16-11-18(22)19(12-17(16)21)26(24,25)23(15-9-5-2-6-10-15)13-14-7-3-1-4-8-14/h1-12H,13H2. The molecule has 7 heteroatoms. The van der Waals surface area contributed by atoms with Gasteiger partial charge in [0.25, 0.3) is 10.0 Å². The molecule has 3 aromatic rings. The summed E-state index contributed by atoms with van der Waals surface area (Å²) in [5.41, 5.74) is 1.37. The minimum Gasteiger partial charge on any atom is -0.262 e. The van der Waals surface area contributed by atoms with Crippen LogP contribution in [0.5, 0.6) is 0 Å². The number of halogens is 3. The molecule has 0 radical (unpaired) electrons. The van der Waals surface area contributed by atoms with Gasteiger partial charge < -0.3 is 0 Å². The first kappa shape index (κ1) is 19.1. The van der Waals surface area contributed by atoms with E-state index >= 15 is 0 Å². The maximum absolute atomic E-state index is 13.4. The van der Waals surface area contributed by atoms with Crippen molar-refractivity contribution in [3.63, 3.8) is 0 Å². The van der Waals surface area contributed by atoms with E-state index in [0.29, 0.717) is 5.69 Å². The van der Waals surface area contributed by atoms with E-state index in [4.69, 9.17) is 34.8 Å². The monoisotopic (exact) mass is 425 g/mol. The molecule has 0 bridgehead atoms. The Kier molecular flexibility index (Phi) is 5.78. The highest BCUT2D eigenvalue weighted by molar-refractivity contribution is 7.93. The number of sulfonamides is 1. The van der Waals surface area contributed by atoms with Gasteiger partial charge in [-0.2, -0.15) is 0 Å². The summed E-state index contributed by atoms with van der Waals surface area (Å²) < 4.78 is 28.0. The first-order valence-electron chi connectivity index (χ1n) is 7.66. The fraction of sp³-hybridized carbons (Fsp3) is 0.0526. The van der Waals surface area contributed by atoms with E-state index in [2.05, 4.69) is 0 Å². The largest absolute Gasteiger partial charge is 0.266 e. The SMILES string of the molecule is O=S(=O)(c1cc(Cl)c(Cl)cc1Cl)N(Cc1ccccc1)c1ccccc1. The van der Waals surface area contributed by atoms with E-state index in [-0.39, 0.29) is 26.5 Å². The summed E-state index contributed by atoms with van der Waals surface area (Å²) in [7, 11) is -3.96. The van der Waals surface area contributed by atoms with E-state index in [9.17, 15) is 8.42 Å². The van der Waals surface area contributed by atoms with Crippen molar-refractivity contribution in [3.8, 4) is 0 Å². The highest BCUT2D eigenvalue weighted by atomic mass is 35.5. The summed E-state index contributed by atoms with van der Waals surface area (Å²) in [6.45, 7) is 0.157. The topological polar surface area (TPSA) is 37.4 Å². The summed E-state index contributed by atoms with van der Waals surface area (Å²) in [5, 5.41) is 0.348. The van der Waals surface area contributed by atoms with Crippen molar-refractivity contribution in [1.82, 2.24) is 0 Å². The molecule has 3 rings (SSSR count). The molecular formula is C19H14Cl3NO2S. The Bertz CT molecular complexity index is 1010. The third kappa shape index (κ3) is 3.99. The Hall–Kier alpha value is -1.72. The predicted molar refractivity (Wildman–Crippen MR) is 108 cm³/mol. The normalized spacial score (nSPS) is 11.3. The van der Waals surface area contributed by atoms with Crippen LogP contribution in [0, 0.1) is 0 Å². The summed E-state index contributed by atoms with van der Waals surface area (Å²) in [6, 6.07) is 20.8. The molecule has 0 spiro atoms. The van der Waals surface area contributed by atoms with Gasteiger partial charge in [0.15, 0.2) is 0 Å². The van der Waals surface area contributed by atoms with Crippen molar-refractivity contribution in [1.29, 1.82) is 0 Å². The molecule has 0 saturated heterocycles. The fourth-order valence-electron chi connectivity index (χ4n) is 2.48. The smallest absolute Gasteiger partial charge is 0.262 e. The Labute approximate surface area is 167 Å². The van der Waals surface area contributed by atoms with Crippen molar-refractivity contribution < 1.29 is 8.42 Å². The summed E-state index contributed by atoms with van der Waals surface area (Å²) in [5.74, 6) is 0. The second-order valence-corrected chi connectivity index (χ2v) is 8.58. The average molecular weight is 427 g/mol. The van der Waals surface area contributed by atoms with E-state index in [0.717, 1.165) is 5.56 Å². The molecule has 0 aliphatic rings. The van der Waals surface area contributed by atoms with Crippen molar-refractivity contribution in [3.05, 3.63) is 93.4 Å². The Balaban J connectivity index is 2.13. The number of nitrogens with zero attached hydrogens (tertiary/aromatic N) is 1. The second kappa shape index (κ2) is 7.89. The molecule has 0 aliphatic carbocycles. The molecule has 0 aromatic heterocycles. The van der Waals surface area contributed by atoms with Crippen LogP contribution < -0.4 is 4.31 Å². The maximum atomic E-state index is 13.4. The van der Waals surface area contributed by atoms with E-state index in [1.807, 2.05) is 36.4 Å². The van der Waals surface area contributed by atoms with Gasteiger partial charge in [-0.05, 0) is 29.8 Å². The first-order valence-corrected chi connectivity index (χ1v) is 10.2. The van der Waals surface area contributed by atoms with Crippen LogP contribution in [0.3, 0.4) is 0 Å². The van der Waals surface area contributed by atoms with E-state index in [1.165, 1.54) is 16.4 Å². The lowest BCUT2D eigenvalue weighted by atomic mass is 10.2. The maximum Gasteiger partial charge on any atom is 0.266 e. The van der Waals surface area contributed by atoms with E-state index < -0.39 is 10.0 Å². The Morgan fingerprint density at radius 1 is 0.731 bits per heavy atom. The molecule has 0 saturated carbocycles. The fourth-order valence-corrected chi connectivity index (χ4v) is 4.91. The van der Waals surface area contributed by atoms with E-state index in [1.54, 1.807) is 24.3 Å². The molecule has 0 unspecified atom stereocenters. The van der Waals surface area contributed by atoms with Gasteiger partial charge in [-0.15, -0.1) is 0 Å². The van der Waals surface area contributed by atoms with Gasteiger partial charge in [0.1, 0.15) is 4.90 Å². The Morgan fingerprint density at radius 2 is 1.27 bits per heavy atom. The van der Waals surface area contributed by atoms with Gasteiger partial charge >= 0.3 is 0 Å². The third-order valence-electron chi connectivity index (χ3n) is 3.76. The van der Waals surface area contributed by atoms with Crippen molar-refractivity contribution >= 4 is 50.5 Å². The molecule has 0 aliphatic heterocycles. The van der Waals surface area contributed by atoms with Crippen LogP contribution in [0.2, 0.25) is 15.1 Å². The number of benzene rings is 3. The van der Waals surface area contributed by atoms with Gasteiger partial charge in [-0.25, -0.2) is 8.42 Å². The number of hydrogen-bond donors (Lipinski definition) is 0. The zero-order valence-corrected chi connectivity index (χ0v) is 16.5. The Morgan fingerprint density at radius 3 is 1.88 bits per heavy atom. The zero-order chi connectivity index (χ0) is 18.7. The van der Waals surface area contributed by atoms with Crippen molar-refractivity contribution in [2.24, 2.45) is 0 Å². The lowest BCUT2D eigenvalue weighted by Crippen LogP contribution is -2.30.